The van der Waals surface area contributed by atoms with Gasteiger partial charge in [0.15, 0.2) is 5.79 Å². The van der Waals surface area contributed by atoms with Crippen LogP contribution < -0.4 is 0 Å². The van der Waals surface area contributed by atoms with Crippen LogP contribution in [-0.4, -0.2) is 24.1 Å². The molecule has 3 nitrogen and oxygen atoms in total. The second-order valence-corrected chi connectivity index (χ2v) is 3.84. The molecule has 12 heavy (non-hydrogen) atoms. The smallest absolute Gasteiger partial charge is 0.175 e. The molecule has 0 aromatic heterocycles. The summed E-state index contributed by atoms with van der Waals surface area (Å²) in [5, 5.41) is 9.41. The van der Waals surface area contributed by atoms with Crippen molar-refractivity contribution in [2.75, 3.05) is 13.2 Å². The SMILES string of the molecule is OC1=CC2CC1CC21OCCO1. The van der Waals surface area contributed by atoms with Gasteiger partial charge in [-0.05, 0) is 12.5 Å². The van der Waals surface area contributed by atoms with Crippen molar-refractivity contribution in [2.24, 2.45) is 11.8 Å². The first-order chi connectivity index (χ1) is 5.80. The Morgan fingerprint density at radius 2 is 2.17 bits per heavy atom. The molecule has 1 saturated heterocycles. The van der Waals surface area contributed by atoms with E-state index in [1.807, 2.05) is 6.08 Å². The Balaban J connectivity index is 1.93. The number of aliphatic hydroxyl groups excluding tert-OH is 1. The molecule has 0 radical (unpaired) electrons. The lowest BCUT2D eigenvalue weighted by Gasteiger charge is -2.29. The molecule has 66 valence electrons. The molecule has 3 rings (SSSR count). The van der Waals surface area contributed by atoms with E-state index in [4.69, 9.17) is 9.47 Å². The second kappa shape index (κ2) is 2.03. The minimum Gasteiger partial charge on any atom is -0.512 e. The van der Waals surface area contributed by atoms with Gasteiger partial charge in [0.2, 0.25) is 0 Å². The molecule has 0 aromatic rings. The third-order valence-corrected chi connectivity index (χ3v) is 3.20. The average molecular weight is 168 g/mol. The zero-order chi connectivity index (χ0) is 8.18. The van der Waals surface area contributed by atoms with Gasteiger partial charge in [-0.15, -0.1) is 0 Å². The highest BCUT2D eigenvalue weighted by Gasteiger charge is 2.55. The fraction of sp³-hybridized carbons (Fsp3) is 0.778. The zero-order valence-corrected chi connectivity index (χ0v) is 6.82. The lowest BCUT2D eigenvalue weighted by molar-refractivity contribution is -0.175. The molecule has 1 heterocycles. The predicted octanol–water partition coefficient (Wildman–Crippen LogP) is 1.21. The van der Waals surface area contributed by atoms with E-state index >= 15 is 0 Å². The van der Waals surface area contributed by atoms with Crippen molar-refractivity contribution in [2.45, 2.75) is 18.6 Å². The normalized spacial score (nSPS) is 42.5. The van der Waals surface area contributed by atoms with Crippen molar-refractivity contribution in [3.8, 4) is 0 Å². The minimum atomic E-state index is -0.350. The molecular weight excluding hydrogens is 156 g/mol. The predicted molar refractivity (Wildman–Crippen MR) is 41.6 cm³/mol. The first kappa shape index (κ1) is 6.92. The van der Waals surface area contributed by atoms with Gasteiger partial charge in [-0.25, -0.2) is 0 Å². The standard InChI is InChI=1S/C9H12O3/c10-8-4-7-3-6(8)5-9(7)11-1-2-12-9/h4,6-7,10H,1-3,5H2. The zero-order valence-electron chi connectivity index (χ0n) is 6.82. The van der Waals surface area contributed by atoms with Crippen molar-refractivity contribution >= 4 is 0 Å². The van der Waals surface area contributed by atoms with Crippen LogP contribution in [0.15, 0.2) is 11.8 Å². The topological polar surface area (TPSA) is 38.7 Å². The first-order valence-electron chi connectivity index (χ1n) is 4.49. The number of fused-ring (bicyclic) bond motifs is 3. The number of rotatable bonds is 0. The summed E-state index contributed by atoms with van der Waals surface area (Å²) >= 11 is 0. The van der Waals surface area contributed by atoms with Gasteiger partial charge >= 0.3 is 0 Å². The van der Waals surface area contributed by atoms with Crippen LogP contribution in [0.25, 0.3) is 0 Å². The van der Waals surface area contributed by atoms with Crippen LogP contribution in [0.1, 0.15) is 12.8 Å². The van der Waals surface area contributed by atoms with Crippen LogP contribution in [0.4, 0.5) is 0 Å². The summed E-state index contributed by atoms with van der Waals surface area (Å²) in [5.41, 5.74) is 0. The van der Waals surface area contributed by atoms with Gasteiger partial charge in [0.05, 0.1) is 19.0 Å². The Morgan fingerprint density at radius 1 is 1.42 bits per heavy atom. The van der Waals surface area contributed by atoms with Crippen molar-refractivity contribution in [1.82, 2.24) is 0 Å². The number of allylic oxidation sites excluding steroid dienone is 1. The summed E-state index contributed by atoms with van der Waals surface area (Å²) in [7, 11) is 0. The number of hydrogen-bond donors (Lipinski definition) is 1. The maximum absolute atomic E-state index is 9.41. The Kier molecular flexibility index (Phi) is 1.17. The van der Waals surface area contributed by atoms with Crippen molar-refractivity contribution in [3.63, 3.8) is 0 Å². The molecule has 2 fully saturated rings. The highest BCUT2D eigenvalue weighted by atomic mass is 16.7. The van der Waals surface area contributed by atoms with E-state index in [2.05, 4.69) is 0 Å². The number of aliphatic hydroxyl groups is 1. The van der Waals surface area contributed by atoms with E-state index in [1.165, 1.54) is 0 Å². The van der Waals surface area contributed by atoms with E-state index in [1.54, 1.807) is 0 Å². The summed E-state index contributed by atoms with van der Waals surface area (Å²) < 4.78 is 11.2. The van der Waals surface area contributed by atoms with Crippen LogP contribution in [0.5, 0.6) is 0 Å². The monoisotopic (exact) mass is 168 g/mol. The molecule has 0 amide bonds. The lowest BCUT2D eigenvalue weighted by atomic mass is 9.99. The molecule has 2 atom stereocenters. The van der Waals surface area contributed by atoms with Gasteiger partial charge in [0.1, 0.15) is 0 Å². The third-order valence-electron chi connectivity index (χ3n) is 3.20. The molecule has 2 aliphatic carbocycles. The molecule has 1 spiro atoms. The van der Waals surface area contributed by atoms with E-state index in [-0.39, 0.29) is 5.79 Å². The summed E-state index contributed by atoms with van der Waals surface area (Å²) in [5.74, 6) is 0.791. The van der Waals surface area contributed by atoms with Crippen LogP contribution in [0.2, 0.25) is 0 Å². The van der Waals surface area contributed by atoms with Crippen molar-refractivity contribution < 1.29 is 14.6 Å². The van der Waals surface area contributed by atoms with Crippen molar-refractivity contribution in [1.29, 1.82) is 0 Å². The molecule has 2 unspecified atom stereocenters. The first-order valence-corrected chi connectivity index (χ1v) is 4.49. The maximum Gasteiger partial charge on any atom is 0.175 e. The molecular formula is C9H12O3. The molecule has 1 saturated carbocycles. The fourth-order valence-electron chi connectivity index (χ4n) is 2.63. The van der Waals surface area contributed by atoms with E-state index in [0.717, 1.165) is 12.8 Å². The van der Waals surface area contributed by atoms with Gasteiger partial charge < -0.3 is 14.6 Å². The molecule has 0 aromatic carbocycles. The van der Waals surface area contributed by atoms with Gasteiger partial charge in [0.25, 0.3) is 0 Å². The van der Waals surface area contributed by atoms with Crippen LogP contribution in [0.3, 0.4) is 0 Å². The van der Waals surface area contributed by atoms with Gasteiger partial charge in [0, 0.05) is 18.3 Å². The number of hydrogen-bond acceptors (Lipinski definition) is 3. The summed E-state index contributed by atoms with van der Waals surface area (Å²) in [6, 6.07) is 0. The van der Waals surface area contributed by atoms with Gasteiger partial charge in [-0.3, -0.25) is 0 Å². The Morgan fingerprint density at radius 3 is 2.67 bits per heavy atom. The second-order valence-electron chi connectivity index (χ2n) is 3.84. The third kappa shape index (κ3) is 0.684. The quantitative estimate of drug-likeness (QED) is 0.591. The van der Waals surface area contributed by atoms with E-state index in [0.29, 0.717) is 30.8 Å². The van der Waals surface area contributed by atoms with E-state index < -0.39 is 0 Å². The molecule has 2 bridgehead atoms. The molecule has 3 heteroatoms. The van der Waals surface area contributed by atoms with Crippen LogP contribution in [-0.2, 0) is 9.47 Å². The highest BCUT2D eigenvalue weighted by Crippen LogP contribution is 2.52. The summed E-state index contributed by atoms with van der Waals surface area (Å²) in [6.07, 6.45) is 3.76. The highest BCUT2D eigenvalue weighted by molar-refractivity contribution is 5.19. The maximum atomic E-state index is 9.41. The Bertz CT molecular complexity index is 240. The van der Waals surface area contributed by atoms with Gasteiger partial charge in [-0.1, -0.05) is 0 Å². The average Bonchev–Trinajstić information content (AvgIpc) is 2.68. The fourth-order valence-corrected chi connectivity index (χ4v) is 2.63. The summed E-state index contributed by atoms with van der Waals surface area (Å²) in [6.45, 7) is 1.41. The van der Waals surface area contributed by atoms with Crippen LogP contribution >= 0.6 is 0 Å². The largest absolute Gasteiger partial charge is 0.512 e. The number of ether oxygens (including phenoxy) is 2. The Hall–Kier alpha value is -0.540. The molecule has 3 aliphatic rings. The van der Waals surface area contributed by atoms with Crippen LogP contribution in [0, 0.1) is 11.8 Å². The summed E-state index contributed by atoms with van der Waals surface area (Å²) in [4.78, 5) is 0. The molecule has 1 N–H and O–H groups in total. The van der Waals surface area contributed by atoms with E-state index in [9.17, 15) is 5.11 Å². The van der Waals surface area contributed by atoms with Crippen molar-refractivity contribution in [3.05, 3.63) is 11.8 Å². The molecule has 1 aliphatic heterocycles. The minimum absolute atomic E-state index is 0.296. The lowest BCUT2D eigenvalue weighted by Crippen LogP contribution is -2.35. The Labute approximate surface area is 71.0 Å². The van der Waals surface area contributed by atoms with Gasteiger partial charge in [-0.2, -0.15) is 0 Å².